The molecule has 0 spiro atoms. The van der Waals surface area contributed by atoms with Gasteiger partial charge in [0.2, 0.25) is 0 Å². The van der Waals surface area contributed by atoms with Gasteiger partial charge in [0, 0.05) is 11.3 Å². The molecule has 0 bridgehead atoms. The maximum Gasteiger partial charge on any atom is 0.251 e. The number of para-hydroxylation sites is 2. The molecule has 3 aromatic rings. The van der Waals surface area contributed by atoms with Crippen LogP contribution in [0.15, 0.2) is 97.6 Å². The quantitative estimate of drug-likeness (QED) is 0.548. The molecule has 0 aliphatic rings. The highest BCUT2D eigenvalue weighted by Gasteiger charge is 2.27. The van der Waals surface area contributed by atoms with Gasteiger partial charge in [0.05, 0.1) is 6.07 Å². The summed E-state index contributed by atoms with van der Waals surface area (Å²) in [7, 11) is 0. The molecule has 0 saturated carbocycles. The van der Waals surface area contributed by atoms with Crippen LogP contribution in [0.2, 0.25) is 0 Å². The van der Waals surface area contributed by atoms with E-state index >= 15 is 0 Å². The standard InChI is InChI=1S/C24H20N2O2/c1-2-24(27)26(20-13-7-4-8-14-20)22(17-25)21-15-9-10-16-23(21)28-18-19-11-5-3-6-12-19/h2-16,22H,1,18H2. The molecule has 0 saturated heterocycles. The molecule has 3 rings (SSSR count). The third kappa shape index (κ3) is 4.28. The van der Waals surface area contributed by atoms with Gasteiger partial charge in [-0.1, -0.05) is 73.3 Å². The number of ether oxygens (including phenoxy) is 1. The van der Waals surface area contributed by atoms with Gasteiger partial charge in [-0.15, -0.1) is 0 Å². The molecule has 0 aliphatic carbocycles. The van der Waals surface area contributed by atoms with Crippen molar-refractivity contribution in [2.24, 2.45) is 0 Å². The molecule has 4 nitrogen and oxygen atoms in total. The van der Waals surface area contributed by atoms with Crippen molar-refractivity contribution < 1.29 is 9.53 Å². The van der Waals surface area contributed by atoms with Crippen LogP contribution in [0.5, 0.6) is 5.75 Å². The fourth-order valence-corrected chi connectivity index (χ4v) is 2.93. The first-order chi connectivity index (χ1) is 13.7. The zero-order chi connectivity index (χ0) is 19.8. The monoisotopic (exact) mass is 368 g/mol. The SMILES string of the molecule is C=CC(=O)N(c1ccccc1)C(C#N)c1ccccc1OCc1ccccc1. The number of benzene rings is 3. The molecule has 138 valence electrons. The molecule has 1 amide bonds. The molecule has 4 heteroatoms. The Balaban J connectivity index is 1.96. The average molecular weight is 368 g/mol. The van der Waals surface area contributed by atoms with E-state index in [2.05, 4.69) is 12.6 Å². The Morgan fingerprint density at radius 2 is 1.61 bits per heavy atom. The van der Waals surface area contributed by atoms with Gasteiger partial charge in [-0.3, -0.25) is 9.69 Å². The molecule has 0 heterocycles. The minimum absolute atomic E-state index is 0.351. The molecule has 0 fully saturated rings. The molecule has 1 unspecified atom stereocenters. The van der Waals surface area contributed by atoms with Crippen LogP contribution in [-0.2, 0) is 11.4 Å². The van der Waals surface area contributed by atoms with Crippen molar-refractivity contribution in [1.29, 1.82) is 5.26 Å². The Labute approximate surface area is 164 Å². The number of rotatable bonds is 7. The van der Waals surface area contributed by atoms with Crippen molar-refractivity contribution in [2.45, 2.75) is 12.6 Å². The Morgan fingerprint density at radius 1 is 1.00 bits per heavy atom. The van der Waals surface area contributed by atoms with Gasteiger partial charge in [0.1, 0.15) is 12.4 Å². The number of nitrogens with zero attached hydrogens (tertiary/aromatic N) is 2. The predicted molar refractivity (Wildman–Crippen MR) is 110 cm³/mol. The summed E-state index contributed by atoms with van der Waals surface area (Å²) in [6.45, 7) is 3.96. The number of amides is 1. The van der Waals surface area contributed by atoms with E-state index in [4.69, 9.17) is 4.74 Å². The van der Waals surface area contributed by atoms with Gasteiger partial charge >= 0.3 is 0 Å². The molecule has 0 N–H and O–H groups in total. The van der Waals surface area contributed by atoms with Crippen LogP contribution >= 0.6 is 0 Å². The minimum atomic E-state index is -0.847. The smallest absolute Gasteiger partial charge is 0.251 e. The topological polar surface area (TPSA) is 53.3 Å². The average Bonchev–Trinajstić information content (AvgIpc) is 2.77. The Kier molecular flexibility index (Phi) is 6.22. The molecule has 1 atom stereocenters. The van der Waals surface area contributed by atoms with Crippen molar-refractivity contribution in [3.8, 4) is 11.8 Å². The van der Waals surface area contributed by atoms with Gasteiger partial charge < -0.3 is 4.74 Å². The van der Waals surface area contributed by atoms with E-state index < -0.39 is 6.04 Å². The first-order valence-corrected chi connectivity index (χ1v) is 8.90. The van der Waals surface area contributed by atoms with Crippen molar-refractivity contribution >= 4 is 11.6 Å². The van der Waals surface area contributed by atoms with Gasteiger partial charge in [-0.05, 0) is 29.8 Å². The van der Waals surface area contributed by atoms with Gasteiger partial charge in [-0.2, -0.15) is 5.26 Å². The van der Waals surface area contributed by atoms with E-state index in [9.17, 15) is 10.1 Å². The normalized spacial score (nSPS) is 11.1. The minimum Gasteiger partial charge on any atom is -0.489 e. The number of hydrogen-bond donors (Lipinski definition) is 0. The summed E-state index contributed by atoms with van der Waals surface area (Å²) in [5.74, 6) is 0.214. The van der Waals surface area contributed by atoms with Crippen molar-refractivity contribution in [3.05, 3.63) is 109 Å². The fourth-order valence-electron chi connectivity index (χ4n) is 2.93. The van der Waals surface area contributed by atoms with Crippen LogP contribution in [0.1, 0.15) is 17.2 Å². The van der Waals surface area contributed by atoms with Gasteiger partial charge in [-0.25, -0.2) is 0 Å². The van der Waals surface area contributed by atoms with E-state index in [1.165, 1.54) is 11.0 Å². The number of hydrogen-bond acceptors (Lipinski definition) is 3. The summed E-state index contributed by atoms with van der Waals surface area (Å²) >= 11 is 0. The van der Waals surface area contributed by atoms with E-state index in [-0.39, 0.29) is 5.91 Å². The second-order valence-electron chi connectivity index (χ2n) is 6.09. The molecular weight excluding hydrogens is 348 g/mol. The number of anilines is 1. The molecule has 0 aromatic heterocycles. The lowest BCUT2D eigenvalue weighted by Gasteiger charge is -2.27. The molecule has 0 aliphatic heterocycles. The predicted octanol–water partition coefficient (Wildman–Crippen LogP) is 5.05. The number of carbonyl (C=O) groups is 1. The van der Waals surface area contributed by atoms with Crippen LogP contribution in [0, 0.1) is 11.3 Å². The maximum atomic E-state index is 12.6. The summed E-state index contributed by atoms with van der Waals surface area (Å²) in [5.41, 5.74) is 2.27. The Morgan fingerprint density at radius 3 is 2.25 bits per heavy atom. The molecular formula is C24H20N2O2. The van der Waals surface area contributed by atoms with Gasteiger partial charge in [0.25, 0.3) is 5.91 Å². The summed E-state index contributed by atoms with van der Waals surface area (Å²) in [6, 6.07) is 27.6. The zero-order valence-corrected chi connectivity index (χ0v) is 15.4. The zero-order valence-electron chi connectivity index (χ0n) is 15.4. The largest absolute Gasteiger partial charge is 0.489 e. The number of carbonyl (C=O) groups excluding carboxylic acids is 1. The van der Waals surface area contributed by atoms with Crippen molar-refractivity contribution in [2.75, 3.05) is 4.90 Å². The molecule has 0 radical (unpaired) electrons. The summed E-state index contributed by atoms with van der Waals surface area (Å²) < 4.78 is 5.99. The van der Waals surface area contributed by atoms with Crippen molar-refractivity contribution in [1.82, 2.24) is 0 Å². The third-order valence-corrected chi connectivity index (χ3v) is 4.28. The van der Waals surface area contributed by atoms with Crippen LogP contribution < -0.4 is 9.64 Å². The lowest BCUT2D eigenvalue weighted by molar-refractivity contribution is -0.114. The maximum absolute atomic E-state index is 12.6. The van der Waals surface area contributed by atoms with Crippen molar-refractivity contribution in [3.63, 3.8) is 0 Å². The van der Waals surface area contributed by atoms with E-state index in [1.54, 1.807) is 18.2 Å². The second kappa shape index (κ2) is 9.20. The summed E-state index contributed by atoms with van der Waals surface area (Å²) in [6.07, 6.45) is 1.21. The summed E-state index contributed by atoms with van der Waals surface area (Å²) in [5, 5.41) is 9.93. The Bertz CT molecular complexity index is 978. The second-order valence-corrected chi connectivity index (χ2v) is 6.09. The lowest BCUT2D eigenvalue weighted by atomic mass is 10.0. The fraction of sp³-hybridized carbons (Fsp3) is 0.0833. The highest BCUT2D eigenvalue weighted by atomic mass is 16.5. The lowest BCUT2D eigenvalue weighted by Crippen LogP contribution is -2.33. The van der Waals surface area contributed by atoms with E-state index in [1.807, 2.05) is 66.7 Å². The van der Waals surface area contributed by atoms with Crippen LogP contribution in [0.3, 0.4) is 0 Å². The first-order valence-electron chi connectivity index (χ1n) is 8.90. The van der Waals surface area contributed by atoms with Crippen LogP contribution in [-0.4, -0.2) is 5.91 Å². The highest BCUT2D eigenvalue weighted by molar-refractivity contribution is 6.02. The highest BCUT2D eigenvalue weighted by Crippen LogP contribution is 2.33. The first kappa shape index (κ1) is 18.9. The number of nitriles is 1. The van der Waals surface area contributed by atoms with Gasteiger partial charge in [0.15, 0.2) is 6.04 Å². The Hall–Kier alpha value is -3.84. The summed E-state index contributed by atoms with van der Waals surface area (Å²) in [4.78, 5) is 14.0. The van der Waals surface area contributed by atoms with E-state index in [0.717, 1.165) is 5.56 Å². The molecule has 28 heavy (non-hydrogen) atoms. The van der Waals surface area contributed by atoms with Crippen LogP contribution in [0.4, 0.5) is 5.69 Å². The third-order valence-electron chi connectivity index (χ3n) is 4.28. The molecule has 3 aromatic carbocycles. The van der Waals surface area contributed by atoms with Crippen LogP contribution in [0.25, 0.3) is 0 Å². The van der Waals surface area contributed by atoms with E-state index in [0.29, 0.717) is 23.6 Å².